The molecule has 2 aromatic carbocycles. The Balaban J connectivity index is 1.51. The first kappa shape index (κ1) is 33.5. The van der Waals surface area contributed by atoms with E-state index in [2.05, 4.69) is 20.3 Å². The van der Waals surface area contributed by atoms with E-state index in [1.807, 2.05) is 66.0 Å². The van der Waals surface area contributed by atoms with Gasteiger partial charge in [0.25, 0.3) is 0 Å². The van der Waals surface area contributed by atoms with Gasteiger partial charge in [0.05, 0.1) is 5.69 Å². The second kappa shape index (κ2) is 16.0. The molecule has 3 aromatic rings. The smallest absolute Gasteiger partial charge is 0.422 e. The molecule has 0 fully saturated rings. The number of hydrogen-bond donors (Lipinski definition) is 4. The van der Waals surface area contributed by atoms with E-state index in [0.717, 1.165) is 16.8 Å². The van der Waals surface area contributed by atoms with Crippen molar-refractivity contribution in [2.45, 2.75) is 64.7 Å². The fourth-order valence-electron chi connectivity index (χ4n) is 3.74. The Labute approximate surface area is 255 Å². The van der Waals surface area contributed by atoms with Crippen molar-refractivity contribution >= 4 is 44.8 Å². The zero-order chi connectivity index (χ0) is 31.3. The predicted molar refractivity (Wildman–Crippen MR) is 164 cm³/mol. The highest BCUT2D eigenvalue weighted by Crippen LogP contribution is 2.25. The summed E-state index contributed by atoms with van der Waals surface area (Å²) < 4.78 is 38.5. The summed E-state index contributed by atoms with van der Waals surface area (Å²) in [5.41, 5.74) is 1.60. The maximum absolute atomic E-state index is 13.2. The van der Waals surface area contributed by atoms with Crippen LogP contribution < -0.4 is 20.1 Å². The zero-order valence-corrected chi connectivity index (χ0v) is 25.9. The highest BCUT2D eigenvalue weighted by atomic mass is 32.2. The number of hydrogen-bond acceptors (Lipinski definition) is 9. The van der Waals surface area contributed by atoms with Gasteiger partial charge in [0.2, 0.25) is 5.91 Å². The molecule has 0 aliphatic heterocycles. The average Bonchev–Trinajstić information content (AvgIpc) is 3.41. The lowest BCUT2D eigenvalue weighted by molar-refractivity contribution is -0.118. The molecule has 1 atom stereocenters. The summed E-state index contributed by atoms with van der Waals surface area (Å²) in [4.78, 5) is 41.9. The van der Waals surface area contributed by atoms with Gasteiger partial charge in [-0.3, -0.25) is 4.79 Å². The highest BCUT2D eigenvalue weighted by molar-refractivity contribution is 7.88. The zero-order valence-electron chi connectivity index (χ0n) is 24.3. The lowest BCUT2D eigenvalue weighted by atomic mass is 10.1. The number of unbranched alkanes of at least 4 members (excludes halogenated alkanes) is 2. The topological polar surface area (TPSA) is 165 Å². The van der Waals surface area contributed by atoms with Crippen molar-refractivity contribution in [1.29, 1.82) is 0 Å². The molecular weight excluding hydrogens is 594 g/mol. The van der Waals surface area contributed by atoms with Gasteiger partial charge >= 0.3 is 22.4 Å². The summed E-state index contributed by atoms with van der Waals surface area (Å²) >= 11 is 1.27. The molecule has 0 aliphatic carbocycles. The molecule has 12 nitrogen and oxygen atoms in total. The van der Waals surface area contributed by atoms with Gasteiger partial charge in [-0.05, 0) is 39.2 Å². The fourth-order valence-corrected chi connectivity index (χ4v) is 5.21. The number of aromatic nitrogens is 1. The van der Waals surface area contributed by atoms with Crippen LogP contribution in [0.4, 0.5) is 14.7 Å². The summed E-state index contributed by atoms with van der Waals surface area (Å²) in [7, 11) is -4.09. The summed E-state index contributed by atoms with van der Waals surface area (Å²) in [5.74, 6) is -0.451. The quantitative estimate of drug-likeness (QED) is 0.181. The number of benzene rings is 2. The summed E-state index contributed by atoms with van der Waals surface area (Å²) in [6.45, 7) is 4.97. The largest absolute Gasteiger partial charge is 0.445 e. The van der Waals surface area contributed by atoms with Crippen molar-refractivity contribution in [3.05, 3.63) is 71.6 Å². The van der Waals surface area contributed by atoms with Crippen LogP contribution in [0.1, 0.15) is 52.0 Å². The van der Waals surface area contributed by atoms with E-state index < -0.39 is 39.9 Å². The normalized spacial score (nSPS) is 12.2. The molecule has 0 spiro atoms. The number of carbonyl (C=O) groups excluding carboxylic acids is 3. The molecule has 3 amide bonds. The Kier molecular flexibility index (Phi) is 12.5. The Morgan fingerprint density at radius 3 is 2.28 bits per heavy atom. The molecule has 0 saturated carbocycles. The van der Waals surface area contributed by atoms with Crippen molar-refractivity contribution < 1.29 is 32.3 Å². The number of ether oxygens (including phenoxy) is 2. The van der Waals surface area contributed by atoms with Gasteiger partial charge in [-0.2, -0.15) is 13.1 Å². The first-order valence-electron chi connectivity index (χ1n) is 13.7. The highest BCUT2D eigenvalue weighted by Gasteiger charge is 2.23. The lowest BCUT2D eigenvalue weighted by Gasteiger charge is -2.19. The van der Waals surface area contributed by atoms with Crippen molar-refractivity contribution in [2.75, 3.05) is 11.9 Å². The van der Waals surface area contributed by atoms with E-state index in [4.69, 9.17) is 9.47 Å². The van der Waals surface area contributed by atoms with Crippen LogP contribution in [0.25, 0.3) is 11.3 Å². The van der Waals surface area contributed by atoms with Gasteiger partial charge in [0, 0.05) is 17.5 Å². The maximum atomic E-state index is 13.2. The third-order valence-corrected chi connectivity index (χ3v) is 7.48. The first-order valence-corrected chi connectivity index (χ1v) is 16.1. The number of rotatable bonds is 14. The van der Waals surface area contributed by atoms with Crippen LogP contribution in [-0.2, 0) is 31.1 Å². The molecule has 0 unspecified atom stereocenters. The van der Waals surface area contributed by atoms with E-state index in [0.29, 0.717) is 24.4 Å². The maximum Gasteiger partial charge on any atom is 0.422 e. The fraction of sp³-hybridized carbons (Fsp3) is 0.379. The number of carbonyl (C=O) groups is 3. The monoisotopic (exact) mass is 631 g/mol. The van der Waals surface area contributed by atoms with Crippen molar-refractivity contribution in [3.63, 3.8) is 0 Å². The second-order valence-electron chi connectivity index (χ2n) is 10.5. The SMILES string of the molecule is CC(C)(C)OC(=O)NS(=O)(=O)NCCCCC[C@H](NC(=O)OCc1ccccc1)C(=O)Nc1nc(-c2ccccc2)cs1. The van der Waals surface area contributed by atoms with E-state index in [-0.39, 0.29) is 19.6 Å². The molecule has 4 N–H and O–H groups in total. The van der Waals surface area contributed by atoms with Gasteiger partial charge in [-0.1, -0.05) is 73.5 Å². The summed E-state index contributed by atoms with van der Waals surface area (Å²) in [6, 6.07) is 17.8. The van der Waals surface area contributed by atoms with Crippen LogP contribution in [0.5, 0.6) is 0 Å². The van der Waals surface area contributed by atoms with Crippen LogP contribution in [0, 0.1) is 0 Å². The minimum atomic E-state index is -4.09. The van der Waals surface area contributed by atoms with Crippen LogP contribution in [0.2, 0.25) is 0 Å². The second-order valence-corrected chi connectivity index (χ2v) is 12.9. The van der Waals surface area contributed by atoms with Gasteiger partial charge in [-0.25, -0.2) is 19.3 Å². The van der Waals surface area contributed by atoms with Crippen LogP contribution >= 0.6 is 11.3 Å². The molecule has 1 heterocycles. The van der Waals surface area contributed by atoms with Crippen LogP contribution in [0.3, 0.4) is 0 Å². The number of nitrogens with one attached hydrogen (secondary N) is 4. The first-order chi connectivity index (χ1) is 20.4. The van der Waals surface area contributed by atoms with Crippen molar-refractivity contribution in [1.82, 2.24) is 19.7 Å². The predicted octanol–water partition coefficient (Wildman–Crippen LogP) is 4.96. The number of nitrogens with zero attached hydrogens (tertiary/aromatic N) is 1. The third-order valence-electron chi connectivity index (χ3n) is 5.70. The van der Waals surface area contributed by atoms with Crippen LogP contribution in [-0.4, -0.2) is 49.7 Å². The number of alkyl carbamates (subject to hydrolysis) is 1. The number of amides is 3. The Hall–Kier alpha value is -4.01. The molecule has 232 valence electrons. The standard InChI is InChI=1S/C29H37N5O7S2/c1-29(2,3)41-28(37)34-43(38,39)30-18-12-6-11-17-23(32-27(36)40-19-21-13-7-4-8-14-21)25(35)33-26-31-24(20-42-26)22-15-9-5-10-16-22/h4-5,7-10,13-16,20,23,30H,6,11-12,17-19H2,1-3H3,(H,32,36)(H,34,37)(H,31,33,35)/t23-/m0/s1. The van der Waals surface area contributed by atoms with E-state index in [1.54, 1.807) is 25.5 Å². The van der Waals surface area contributed by atoms with Crippen LogP contribution in [0.15, 0.2) is 66.0 Å². The minimum Gasteiger partial charge on any atom is -0.445 e. The molecule has 3 rings (SSSR count). The molecule has 0 bridgehead atoms. The molecule has 14 heteroatoms. The van der Waals surface area contributed by atoms with E-state index in [9.17, 15) is 22.8 Å². The van der Waals surface area contributed by atoms with Gasteiger partial charge in [0.15, 0.2) is 5.13 Å². The summed E-state index contributed by atoms with van der Waals surface area (Å²) in [6.07, 6.45) is -0.0919. The molecule has 0 saturated heterocycles. The van der Waals surface area contributed by atoms with E-state index >= 15 is 0 Å². The Bertz CT molecular complexity index is 1440. The summed E-state index contributed by atoms with van der Waals surface area (Å²) in [5, 5.41) is 7.63. The number of anilines is 1. The lowest BCUT2D eigenvalue weighted by Crippen LogP contribution is -2.44. The Morgan fingerprint density at radius 2 is 1.60 bits per heavy atom. The molecular formula is C29H37N5O7S2. The third kappa shape index (κ3) is 12.8. The van der Waals surface area contributed by atoms with Crippen molar-refractivity contribution in [2.24, 2.45) is 0 Å². The van der Waals surface area contributed by atoms with Gasteiger partial charge < -0.3 is 20.1 Å². The molecule has 43 heavy (non-hydrogen) atoms. The minimum absolute atomic E-state index is 0.0470. The van der Waals surface area contributed by atoms with Crippen molar-refractivity contribution in [3.8, 4) is 11.3 Å². The number of thiazole rings is 1. The molecule has 1 aromatic heterocycles. The molecule has 0 radical (unpaired) electrons. The van der Waals surface area contributed by atoms with E-state index in [1.165, 1.54) is 11.3 Å². The Morgan fingerprint density at radius 1 is 0.930 bits per heavy atom. The average molecular weight is 632 g/mol. The van der Waals surface area contributed by atoms with Gasteiger partial charge in [-0.15, -0.1) is 11.3 Å². The van der Waals surface area contributed by atoms with Gasteiger partial charge in [0.1, 0.15) is 18.2 Å². The molecule has 0 aliphatic rings.